The number of halogens is 3. The molecule has 0 aliphatic heterocycles. The van der Waals surface area contributed by atoms with Crippen LogP contribution in [-0.4, -0.2) is 16.4 Å². The van der Waals surface area contributed by atoms with E-state index in [2.05, 4.69) is 14.7 Å². The first kappa shape index (κ1) is 14.0. The molecule has 1 aromatic carbocycles. The zero-order valence-electron chi connectivity index (χ0n) is 10.3. The average Bonchev–Trinajstić information content (AvgIpc) is 2.81. The molecule has 0 amide bonds. The number of aryl methyl sites for hydroxylation is 1. The fourth-order valence-corrected chi connectivity index (χ4v) is 1.51. The molecular weight excluding hydrogens is 277 g/mol. The molecule has 8 heteroatoms. The molecular formula is C12H9F3N2O3. The summed E-state index contributed by atoms with van der Waals surface area (Å²) in [5.74, 6) is 0.0246. The van der Waals surface area contributed by atoms with Crippen molar-refractivity contribution in [3.8, 4) is 5.75 Å². The number of carbonyl (C=O) groups excluding carboxylic acids is 1. The van der Waals surface area contributed by atoms with Crippen LogP contribution in [0.5, 0.6) is 5.75 Å². The van der Waals surface area contributed by atoms with Gasteiger partial charge in [0, 0.05) is 12.5 Å². The molecule has 0 bridgehead atoms. The fourth-order valence-electron chi connectivity index (χ4n) is 1.51. The number of aromatic nitrogens is 2. The molecule has 5 nitrogen and oxygen atoms in total. The van der Waals surface area contributed by atoms with Crippen molar-refractivity contribution in [1.29, 1.82) is 0 Å². The molecule has 0 unspecified atom stereocenters. The summed E-state index contributed by atoms with van der Waals surface area (Å²) >= 11 is 0. The Balaban J connectivity index is 2.24. The third-order valence-corrected chi connectivity index (χ3v) is 2.37. The summed E-state index contributed by atoms with van der Waals surface area (Å²) < 4.78 is 48.3. The van der Waals surface area contributed by atoms with E-state index in [1.807, 2.05) is 0 Å². The minimum atomic E-state index is -4.62. The van der Waals surface area contributed by atoms with Crippen molar-refractivity contribution in [2.75, 3.05) is 0 Å². The van der Waals surface area contributed by atoms with E-state index in [9.17, 15) is 18.0 Å². The van der Waals surface area contributed by atoms with Gasteiger partial charge in [0.15, 0.2) is 6.61 Å². The summed E-state index contributed by atoms with van der Waals surface area (Å²) in [6.07, 6.45) is -4.29. The molecule has 1 aromatic heterocycles. The molecule has 0 N–H and O–H groups in total. The van der Waals surface area contributed by atoms with E-state index in [-0.39, 0.29) is 23.9 Å². The van der Waals surface area contributed by atoms with Gasteiger partial charge >= 0.3 is 6.18 Å². The molecule has 0 atom stereocenters. The number of hydrogen-bond donors (Lipinski definition) is 0. The Kier molecular flexibility index (Phi) is 3.73. The Morgan fingerprint density at radius 2 is 2.15 bits per heavy atom. The van der Waals surface area contributed by atoms with E-state index in [1.54, 1.807) is 6.92 Å². The molecule has 0 radical (unpaired) electrons. The maximum atomic E-state index is 12.8. The van der Waals surface area contributed by atoms with E-state index in [1.165, 1.54) is 6.07 Å². The molecule has 0 aliphatic rings. The maximum Gasteiger partial charge on any atom is 0.419 e. The highest BCUT2D eigenvalue weighted by molar-refractivity contribution is 5.75. The van der Waals surface area contributed by atoms with Gasteiger partial charge in [-0.1, -0.05) is 5.16 Å². The summed E-state index contributed by atoms with van der Waals surface area (Å²) in [4.78, 5) is 14.3. The molecule has 20 heavy (non-hydrogen) atoms. The Labute approximate surface area is 111 Å². The van der Waals surface area contributed by atoms with Crippen molar-refractivity contribution < 1.29 is 27.2 Å². The quantitative estimate of drug-likeness (QED) is 0.808. The van der Waals surface area contributed by atoms with Crippen LogP contribution in [-0.2, 0) is 12.8 Å². The van der Waals surface area contributed by atoms with Gasteiger partial charge in [-0.3, -0.25) is 4.79 Å². The predicted molar refractivity (Wildman–Crippen MR) is 60.2 cm³/mol. The summed E-state index contributed by atoms with van der Waals surface area (Å²) in [6.45, 7) is 1.29. The van der Waals surface area contributed by atoms with Crippen molar-refractivity contribution in [1.82, 2.24) is 10.1 Å². The van der Waals surface area contributed by atoms with Crippen LogP contribution < -0.4 is 4.74 Å². The summed E-state index contributed by atoms with van der Waals surface area (Å²) in [5.41, 5.74) is -1.11. The number of rotatable bonds is 4. The highest BCUT2D eigenvalue weighted by atomic mass is 19.4. The Hall–Kier alpha value is -2.38. The lowest BCUT2D eigenvalue weighted by Crippen LogP contribution is -2.10. The van der Waals surface area contributed by atoms with Crippen molar-refractivity contribution in [2.45, 2.75) is 19.7 Å². The van der Waals surface area contributed by atoms with E-state index >= 15 is 0 Å². The van der Waals surface area contributed by atoms with Crippen LogP contribution in [0.15, 0.2) is 22.7 Å². The molecule has 0 aliphatic carbocycles. The zero-order chi connectivity index (χ0) is 14.8. The minimum Gasteiger partial charge on any atom is -0.485 e. The van der Waals surface area contributed by atoms with Gasteiger partial charge in [0.1, 0.15) is 12.0 Å². The summed E-state index contributed by atoms with van der Waals surface area (Å²) in [7, 11) is 0. The maximum absolute atomic E-state index is 12.8. The van der Waals surface area contributed by atoms with Crippen LogP contribution in [0.1, 0.15) is 27.6 Å². The number of carbonyl (C=O) groups is 1. The minimum absolute atomic E-state index is 0.0833. The van der Waals surface area contributed by atoms with Crippen molar-refractivity contribution in [2.24, 2.45) is 0 Å². The Bertz CT molecular complexity index is 623. The lowest BCUT2D eigenvalue weighted by molar-refractivity contribution is -0.139. The smallest absolute Gasteiger partial charge is 0.419 e. The van der Waals surface area contributed by atoms with Crippen LogP contribution in [0.25, 0.3) is 0 Å². The number of alkyl halides is 3. The molecule has 1 heterocycles. The number of benzene rings is 1. The SMILES string of the molecule is Cc1nc(COc2ccc(C=O)cc2C(F)(F)F)no1. The van der Waals surface area contributed by atoms with E-state index in [0.717, 1.165) is 12.1 Å². The van der Waals surface area contributed by atoms with Gasteiger partial charge in [0.25, 0.3) is 0 Å². The van der Waals surface area contributed by atoms with E-state index in [0.29, 0.717) is 6.29 Å². The standard InChI is InChI=1S/C12H9F3N2O3/c1-7-16-11(17-20-7)6-19-10-3-2-8(5-18)4-9(10)12(13,14)15/h2-5H,6H2,1H3. The first-order valence-corrected chi connectivity index (χ1v) is 5.48. The van der Waals surface area contributed by atoms with E-state index < -0.39 is 17.5 Å². The predicted octanol–water partition coefficient (Wildman–Crippen LogP) is 2.79. The van der Waals surface area contributed by atoms with Gasteiger partial charge in [-0.2, -0.15) is 18.2 Å². The first-order valence-electron chi connectivity index (χ1n) is 5.48. The largest absolute Gasteiger partial charge is 0.485 e. The first-order chi connectivity index (χ1) is 9.40. The lowest BCUT2D eigenvalue weighted by Gasteiger charge is -2.13. The number of nitrogens with zero attached hydrogens (tertiary/aromatic N) is 2. The lowest BCUT2D eigenvalue weighted by atomic mass is 10.1. The molecule has 106 valence electrons. The van der Waals surface area contributed by atoms with E-state index in [4.69, 9.17) is 4.74 Å². The molecule has 2 aromatic rings. The Morgan fingerprint density at radius 3 is 2.70 bits per heavy atom. The second-order valence-electron chi connectivity index (χ2n) is 3.89. The average molecular weight is 286 g/mol. The molecule has 0 spiro atoms. The van der Waals surface area contributed by atoms with Gasteiger partial charge in [0.05, 0.1) is 5.56 Å². The Morgan fingerprint density at radius 1 is 1.40 bits per heavy atom. The van der Waals surface area contributed by atoms with Gasteiger partial charge in [-0.15, -0.1) is 0 Å². The second kappa shape index (κ2) is 5.32. The van der Waals surface area contributed by atoms with Gasteiger partial charge in [0.2, 0.25) is 11.7 Å². The van der Waals surface area contributed by atoms with Crippen LogP contribution in [0, 0.1) is 6.92 Å². The summed E-state index contributed by atoms with van der Waals surface area (Å²) in [6, 6.07) is 3.04. The third-order valence-electron chi connectivity index (χ3n) is 2.37. The zero-order valence-corrected chi connectivity index (χ0v) is 10.3. The molecule has 0 saturated carbocycles. The molecule has 0 fully saturated rings. The van der Waals surface area contributed by atoms with Crippen LogP contribution in [0.4, 0.5) is 13.2 Å². The van der Waals surface area contributed by atoms with Crippen molar-refractivity contribution in [3.63, 3.8) is 0 Å². The topological polar surface area (TPSA) is 65.2 Å². The number of ether oxygens (including phenoxy) is 1. The van der Waals surface area contributed by atoms with Gasteiger partial charge < -0.3 is 9.26 Å². The summed E-state index contributed by atoms with van der Waals surface area (Å²) in [5, 5.41) is 3.51. The fraction of sp³-hybridized carbons (Fsp3) is 0.250. The highest BCUT2D eigenvalue weighted by Crippen LogP contribution is 2.36. The van der Waals surface area contributed by atoms with Crippen LogP contribution >= 0.6 is 0 Å². The van der Waals surface area contributed by atoms with Crippen LogP contribution in [0.2, 0.25) is 0 Å². The number of aldehydes is 1. The van der Waals surface area contributed by atoms with Gasteiger partial charge in [-0.05, 0) is 18.2 Å². The van der Waals surface area contributed by atoms with Crippen LogP contribution in [0.3, 0.4) is 0 Å². The second-order valence-corrected chi connectivity index (χ2v) is 3.89. The normalized spacial score (nSPS) is 11.4. The third kappa shape index (κ3) is 3.14. The monoisotopic (exact) mass is 286 g/mol. The highest BCUT2D eigenvalue weighted by Gasteiger charge is 2.34. The molecule has 0 saturated heterocycles. The van der Waals surface area contributed by atoms with Gasteiger partial charge in [-0.25, -0.2) is 0 Å². The number of hydrogen-bond acceptors (Lipinski definition) is 5. The van der Waals surface area contributed by atoms with Crippen molar-refractivity contribution in [3.05, 3.63) is 41.0 Å². The molecule has 2 rings (SSSR count). The van der Waals surface area contributed by atoms with Crippen molar-refractivity contribution >= 4 is 6.29 Å².